The van der Waals surface area contributed by atoms with Crippen LogP contribution in [-0.2, 0) is 4.79 Å². The van der Waals surface area contributed by atoms with Gasteiger partial charge in [0.2, 0.25) is 5.91 Å². The molecule has 70 valence electrons. The zero-order valence-corrected chi connectivity index (χ0v) is 7.66. The molecule has 0 aromatic heterocycles. The van der Waals surface area contributed by atoms with Gasteiger partial charge in [0.1, 0.15) is 6.04 Å². The predicted molar refractivity (Wildman–Crippen MR) is 48.8 cm³/mol. The van der Waals surface area contributed by atoms with Gasteiger partial charge in [-0.1, -0.05) is 6.08 Å². The summed E-state index contributed by atoms with van der Waals surface area (Å²) >= 11 is 0. The lowest BCUT2D eigenvalue weighted by Crippen LogP contribution is -2.52. The van der Waals surface area contributed by atoms with Crippen molar-refractivity contribution >= 4 is 5.91 Å². The minimum Gasteiger partial charge on any atom is -0.321 e. The van der Waals surface area contributed by atoms with Gasteiger partial charge in [-0.25, -0.2) is 0 Å². The molecule has 1 amide bonds. The second kappa shape index (κ2) is 4.63. The van der Waals surface area contributed by atoms with Crippen LogP contribution in [0.25, 0.3) is 0 Å². The normalized spacial score (nSPS) is 23.1. The molecule has 1 aliphatic rings. The number of nitriles is 1. The van der Waals surface area contributed by atoms with Crippen molar-refractivity contribution in [2.45, 2.75) is 13.0 Å². The Labute approximate surface area is 77.8 Å². The highest BCUT2D eigenvalue weighted by Gasteiger charge is 2.24. The average Bonchev–Trinajstić information content (AvgIpc) is 2.18. The zero-order valence-electron chi connectivity index (χ0n) is 7.66. The Kier molecular flexibility index (Phi) is 3.47. The van der Waals surface area contributed by atoms with E-state index in [2.05, 4.69) is 11.4 Å². The van der Waals surface area contributed by atoms with Gasteiger partial charge in [0.05, 0.1) is 6.07 Å². The van der Waals surface area contributed by atoms with E-state index >= 15 is 0 Å². The molecule has 0 bridgehead atoms. The van der Waals surface area contributed by atoms with E-state index in [1.165, 1.54) is 6.08 Å². The lowest BCUT2D eigenvalue weighted by Gasteiger charge is -2.31. The molecule has 0 saturated carbocycles. The van der Waals surface area contributed by atoms with Gasteiger partial charge in [0.15, 0.2) is 0 Å². The molecule has 13 heavy (non-hydrogen) atoms. The number of nitrogens with zero attached hydrogens (tertiary/aromatic N) is 2. The summed E-state index contributed by atoms with van der Waals surface area (Å²) in [6.07, 6.45) is 3.19. The first-order chi connectivity index (χ1) is 6.29. The fraction of sp³-hybridized carbons (Fsp3) is 0.556. The van der Waals surface area contributed by atoms with Crippen molar-refractivity contribution in [2.75, 3.05) is 19.6 Å². The first kappa shape index (κ1) is 9.75. The minimum absolute atomic E-state index is 0.0736. The van der Waals surface area contributed by atoms with E-state index in [0.29, 0.717) is 13.1 Å². The number of carbonyl (C=O) groups is 1. The largest absolute Gasteiger partial charge is 0.321 e. The van der Waals surface area contributed by atoms with Crippen molar-refractivity contribution in [1.82, 2.24) is 10.2 Å². The molecule has 4 heteroatoms. The molecule has 1 saturated heterocycles. The van der Waals surface area contributed by atoms with Crippen molar-refractivity contribution < 1.29 is 4.79 Å². The molecule has 1 fully saturated rings. The van der Waals surface area contributed by atoms with Crippen LogP contribution in [0.15, 0.2) is 12.2 Å². The first-order valence-electron chi connectivity index (χ1n) is 4.33. The Morgan fingerprint density at radius 2 is 2.54 bits per heavy atom. The Morgan fingerprint density at radius 1 is 1.77 bits per heavy atom. The third kappa shape index (κ3) is 2.30. The highest BCUT2D eigenvalue weighted by Crippen LogP contribution is 2.03. The molecule has 1 unspecified atom stereocenters. The lowest BCUT2D eigenvalue weighted by molar-refractivity contribution is -0.127. The van der Waals surface area contributed by atoms with Crippen LogP contribution in [0.5, 0.6) is 0 Å². The molecule has 4 nitrogen and oxygen atoms in total. The number of allylic oxidation sites excluding steroid dienone is 1. The van der Waals surface area contributed by atoms with Crippen molar-refractivity contribution in [1.29, 1.82) is 5.26 Å². The number of rotatable bonds is 1. The average molecular weight is 179 g/mol. The third-order valence-corrected chi connectivity index (χ3v) is 1.98. The Balaban J connectivity index is 2.65. The molecule has 1 aliphatic heterocycles. The van der Waals surface area contributed by atoms with Crippen LogP contribution in [0.2, 0.25) is 0 Å². The van der Waals surface area contributed by atoms with Crippen LogP contribution in [0.3, 0.4) is 0 Å². The van der Waals surface area contributed by atoms with Crippen molar-refractivity contribution in [2.24, 2.45) is 0 Å². The standard InChI is InChI=1S/C9H13N3O/c1-2-3-9(13)12-5-4-11-7-8(12)6-10/h2-3,8,11H,4-5,7H2,1H3. The van der Waals surface area contributed by atoms with E-state index in [-0.39, 0.29) is 11.9 Å². The van der Waals surface area contributed by atoms with Gasteiger partial charge < -0.3 is 10.2 Å². The van der Waals surface area contributed by atoms with E-state index in [1.807, 2.05) is 0 Å². The highest BCUT2D eigenvalue weighted by molar-refractivity contribution is 5.88. The van der Waals surface area contributed by atoms with Crippen LogP contribution in [0.1, 0.15) is 6.92 Å². The summed E-state index contributed by atoms with van der Waals surface area (Å²) in [5.74, 6) is -0.0736. The second-order valence-corrected chi connectivity index (χ2v) is 2.88. The van der Waals surface area contributed by atoms with Crippen LogP contribution >= 0.6 is 0 Å². The van der Waals surface area contributed by atoms with Crippen molar-refractivity contribution in [3.05, 3.63) is 12.2 Å². The van der Waals surface area contributed by atoms with Gasteiger partial charge in [-0.3, -0.25) is 4.79 Å². The number of hydrogen-bond acceptors (Lipinski definition) is 3. The monoisotopic (exact) mass is 179 g/mol. The van der Waals surface area contributed by atoms with Crippen molar-refractivity contribution in [3.8, 4) is 6.07 Å². The number of carbonyl (C=O) groups excluding carboxylic acids is 1. The fourth-order valence-corrected chi connectivity index (χ4v) is 1.32. The van der Waals surface area contributed by atoms with E-state index in [4.69, 9.17) is 5.26 Å². The van der Waals surface area contributed by atoms with Gasteiger partial charge >= 0.3 is 0 Å². The zero-order chi connectivity index (χ0) is 9.68. The van der Waals surface area contributed by atoms with Gasteiger partial charge in [0, 0.05) is 19.6 Å². The summed E-state index contributed by atoms with van der Waals surface area (Å²) in [6, 6.07) is 1.78. The van der Waals surface area contributed by atoms with Gasteiger partial charge in [0.25, 0.3) is 0 Å². The molecular weight excluding hydrogens is 166 g/mol. The summed E-state index contributed by atoms with van der Waals surface area (Å²) in [7, 11) is 0. The molecule has 0 radical (unpaired) electrons. The van der Waals surface area contributed by atoms with Crippen molar-refractivity contribution in [3.63, 3.8) is 0 Å². The molecule has 1 atom stereocenters. The SMILES string of the molecule is CC=CC(=O)N1CCNCC1C#N. The maximum absolute atomic E-state index is 11.4. The molecule has 0 aromatic rings. The third-order valence-electron chi connectivity index (χ3n) is 1.98. The first-order valence-corrected chi connectivity index (χ1v) is 4.33. The van der Waals surface area contributed by atoms with E-state index in [9.17, 15) is 4.79 Å². The molecule has 1 N–H and O–H groups in total. The maximum Gasteiger partial charge on any atom is 0.247 e. The van der Waals surface area contributed by atoms with Gasteiger partial charge in [-0.05, 0) is 13.0 Å². The maximum atomic E-state index is 11.4. The van der Waals surface area contributed by atoms with Crippen LogP contribution in [0, 0.1) is 11.3 Å². The second-order valence-electron chi connectivity index (χ2n) is 2.88. The van der Waals surface area contributed by atoms with E-state index in [0.717, 1.165) is 6.54 Å². The molecule has 0 aliphatic carbocycles. The number of piperazine rings is 1. The van der Waals surface area contributed by atoms with E-state index < -0.39 is 0 Å². The Hall–Kier alpha value is -1.34. The van der Waals surface area contributed by atoms with E-state index in [1.54, 1.807) is 17.9 Å². The number of hydrogen-bond donors (Lipinski definition) is 1. The van der Waals surface area contributed by atoms with Crippen LogP contribution in [-0.4, -0.2) is 36.5 Å². The van der Waals surface area contributed by atoms with Crippen LogP contribution < -0.4 is 5.32 Å². The molecule has 0 aromatic carbocycles. The molecular formula is C9H13N3O. The summed E-state index contributed by atoms with van der Waals surface area (Å²) < 4.78 is 0. The summed E-state index contributed by atoms with van der Waals surface area (Å²) in [4.78, 5) is 13.0. The number of amides is 1. The highest BCUT2D eigenvalue weighted by atomic mass is 16.2. The quantitative estimate of drug-likeness (QED) is 0.571. The Morgan fingerprint density at radius 3 is 3.15 bits per heavy atom. The molecule has 1 heterocycles. The number of nitrogens with one attached hydrogen (secondary N) is 1. The summed E-state index contributed by atoms with van der Waals surface area (Å²) in [5.41, 5.74) is 0. The van der Waals surface area contributed by atoms with Gasteiger partial charge in [-0.2, -0.15) is 5.26 Å². The van der Waals surface area contributed by atoms with Gasteiger partial charge in [-0.15, -0.1) is 0 Å². The minimum atomic E-state index is -0.322. The summed E-state index contributed by atoms with van der Waals surface area (Å²) in [5, 5.41) is 11.8. The topological polar surface area (TPSA) is 56.1 Å². The summed E-state index contributed by atoms with van der Waals surface area (Å²) in [6.45, 7) is 3.74. The lowest BCUT2D eigenvalue weighted by atomic mass is 10.2. The van der Waals surface area contributed by atoms with Crippen LogP contribution in [0.4, 0.5) is 0 Å². The Bertz CT molecular complexity index is 254. The predicted octanol–water partition coefficient (Wildman–Crippen LogP) is -0.114. The smallest absolute Gasteiger partial charge is 0.247 e. The molecule has 0 spiro atoms. The fourth-order valence-electron chi connectivity index (χ4n) is 1.32. The molecule has 1 rings (SSSR count).